The van der Waals surface area contributed by atoms with Gasteiger partial charge in [0, 0.05) is 24.6 Å². The minimum atomic E-state index is -4.72. The van der Waals surface area contributed by atoms with E-state index in [9.17, 15) is 27.6 Å². The number of carbonyl (C=O) groups excluding carboxylic acids is 2. The number of aromatic nitrogens is 2. The summed E-state index contributed by atoms with van der Waals surface area (Å²) in [6.07, 6.45) is -2.64. The molecule has 0 spiro atoms. The van der Waals surface area contributed by atoms with Crippen LogP contribution in [0.1, 0.15) is 63.1 Å². The lowest BCUT2D eigenvalue weighted by molar-refractivity contribution is -0.188. The summed E-state index contributed by atoms with van der Waals surface area (Å²) in [6, 6.07) is 6.42. The molecule has 0 aliphatic carbocycles. The van der Waals surface area contributed by atoms with Crippen LogP contribution in [0.3, 0.4) is 0 Å². The summed E-state index contributed by atoms with van der Waals surface area (Å²) in [5.41, 5.74) is 0.0951. The van der Waals surface area contributed by atoms with Crippen molar-refractivity contribution in [1.29, 1.82) is 0 Å². The average Bonchev–Trinajstić information content (AvgIpc) is 3.29. The molecule has 0 saturated heterocycles. The van der Waals surface area contributed by atoms with E-state index >= 15 is 0 Å². The van der Waals surface area contributed by atoms with Crippen molar-refractivity contribution >= 4 is 40.1 Å². The van der Waals surface area contributed by atoms with Crippen molar-refractivity contribution in [1.82, 2.24) is 9.55 Å². The zero-order chi connectivity index (χ0) is 29.3. The quantitative estimate of drug-likeness (QED) is 0.231. The molecule has 3 aliphatic heterocycles. The number of amidine groups is 1. The normalized spacial score (nSPS) is 18.9. The second-order valence-electron chi connectivity index (χ2n) is 10.4. The molecule has 12 heteroatoms. The van der Waals surface area contributed by atoms with Gasteiger partial charge in [-0.05, 0) is 31.0 Å². The van der Waals surface area contributed by atoms with Crippen LogP contribution < -0.4 is 10.5 Å². The Morgan fingerprint density at radius 2 is 1.95 bits per heavy atom. The SMILES string of the molecule is CCCCCN1C(C(F)(F)F)=Nc2cccc3nc4c(c1c23)Cn1c-4cc2c(c1=O)COC(=O)[C@@]2(CC)OC(C)=O. The fourth-order valence-corrected chi connectivity index (χ4v) is 6.12. The van der Waals surface area contributed by atoms with E-state index in [1.807, 2.05) is 6.92 Å². The number of pyridine rings is 2. The molecule has 0 amide bonds. The number of halogens is 3. The first-order valence-electron chi connectivity index (χ1n) is 13.5. The van der Waals surface area contributed by atoms with E-state index in [0.29, 0.717) is 40.0 Å². The zero-order valence-corrected chi connectivity index (χ0v) is 22.7. The molecule has 0 fully saturated rings. The van der Waals surface area contributed by atoms with Gasteiger partial charge >= 0.3 is 18.1 Å². The van der Waals surface area contributed by atoms with E-state index in [1.54, 1.807) is 25.1 Å². The first-order chi connectivity index (χ1) is 19.5. The third-order valence-corrected chi connectivity index (χ3v) is 7.94. The molecule has 214 valence electrons. The largest absolute Gasteiger partial charge is 0.457 e. The minimum absolute atomic E-state index is 0.0184. The molecule has 0 N–H and O–H groups in total. The second-order valence-corrected chi connectivity index (χ2v) is 10.4. The first-order valence-corrected chi connectivity index (χ1v) is 13.5. The molecule has 0 radical (unpaired) electrons. The number of cyclic esters (lactones) is 1. The average molecular weight is 569 g/mol. The van der Waals surface area contributed by atoms with E-state index in [4.69, 9.17) is 14.5 Å². The Balaban J connectivity index is 1.63. The standard InChI is InChI=1S/C29H27F3N4O5/c1-4-6-7-11-35-24-16-13-36-21(12-18-17(25(36)38)14-40-27(39)28(18,5-2)41-15(3)37)23(16)33-19-9-8-10-20(22(19)24)34-26(35)29(30,31)32/h8-10,12H,4-7,11,13-14H2,1-3H3/t28-/m0/s1. The molecule has 41 heavy (non-hydrogen) atoms. The van der Waals surface area contributed by atoms with Crippen molar-refractivity contribution in [2.75, 3.05) is 11.4 Å². The number of benzene rings is 1. The van der Waals surface area contributed by atoms with Gasteiger partial charge in [-0.3, -0.25) is 9.59 Å². The zero-order valence-electron chi connectivity index (χ0n) is 22.7. The van der Waals surface area contributed by atoms with Gasteiger partial charge in [0.15, 0.2) is 0 Å². The van der Waals surface area contributed by atoms with Crippen molar-refractivity contribution in [3.05, 3.63) is 51.3 Å². The van der Waals surface area contributed by atoms with E-state index in [0.717, 1.165) is 19.8 Å². The van der Waals surface area contributed by atoms with Crippen molar-refractivity contribution in [2.45, 2.75) is 71.4 Å². The van der Waals surface area contributed by atoms with Gasteiger partial charge in [0.2, 0.25) is 11.4 Å². The van der Waals surface area contributed by atoms with Gasteiger partial charge in [0.1, 0.15) is 6.61 Å². The van der Waals surface area contributed by atoms with Gasteiger partial charge in [-0.2, -0.15) is 13.2 Å². The summed E-state index contributed by atoms with van der Waals surface area (Å²) in [5.74, 6) is -2.52. The third-order valence-electron chi connectivity index (χ3n) is 7.94. The predicted octanol–water partition coefficient (Wildman–Crippen LogP) is 5.25. The number of aliphatic imine (C=N–C) groups is 1. The number of anilines is 1. The Morgan fingerprint density at radius 1 is 1.17 bits per heavy atom. The van der Waals surface area contributed by atoms with Crippen molar-refractivity contribution < 1.29 is 32.2 Å². The predicted molar refractivity (Wildman–Crippen MR) is 144 cm³/mol. The fraction of sp³-hybridized carbons (Fsp3) is 0.414. The van der Waals surface area contributed by atoms with Gasteiger partial charge in [-0.25, -0.2) is 14.8 Å². The highest BCUT2D eigenvalue weighted by Gasteiger charge is 2.50. The van der Waals surface area contributed by atoms with Crippen LogP contribution in [-0.4, -0.2) is 40.0 Å². The molecule has 0 bridgehead atoms. The van der Waals surface area contributed by atoms with Crippen molar-refractivity contribution in [3.63, 3.8) is 0 Å². The lowest BCUT2D eigenvalue weighted by Gasteiger charge is -2.35. The molecule has 5 heterocycles. The maximum atomic E-state index is 14.4. The van der Waals surface area contributed by atoms with Crippen LogP contribution in [-0.2, 0) is 37.8 Å². The van der Waals surface area contributed by atoms with Crippen LogP contribution in [0.5, 0.6) is 0 Å². The second kappa shape index (κ2) is 9.42. The Morgan fingerprint density at radius 3 is 2.63 bits per heavy atom. The summed E-state index contributed by atoms with van der Waals surface area (Å²) in [4.78, 5) is 48.9. The molecule has 0 saturated carbocycles. The number of esters is 2. The number of rotatable bonds is 6. The Bertz CT molecular complexity index is 1730. The highest BCUT2D eigenvalue weighted by molar-refractivity contribution is 6.17. The minimum Gasteiger partial charge on any atom is -0.457 e. The molecule has 2 aromatic heterocycles. The molecule has 3 aliphatic rings. The Kier molecular flexibility index (Phi) is 6.20. The van der Waals surface area contributed by atoms with Crippen molar-refractivity contribution in [2.24, 2.45) is 4.99 Å². The van der Waals surface area contributed by atoms with E-state index in [1.165, 1.54) is 15.5 Å². The Labute approximate surface area is 232 Å². The lowest BCUT2D eigenvalue weighted by atomic mass is 9.85. The number of carbonyl (C=O) groups is 2. The maximum Gasteiger partial charge on any atom is 0.449 e. The van der Waals surface area contributed by atoms with Crippen LogP contribution >= 0.6 is 0 Å². The number of alkyl halides is 3. The molecule has 9 nitrogen and oxygen atoms in total. The monoisotopic (exact) mass is 568 g/mol. The summed E-state index contributed by atoms with van der Waals surface area (Å²) in [6.45, 7) is 4.52. The van der Waals surface area contributed by atoms with Gasteiger partial charge in [0.05, 0.1) is 45.8 Å². The molecule has 1 aromatic carbocycles. The summed E-state index contributed by atoms with van der Waals surface area (Å²) in [5, 5.41) is 0.489. The fourth-order valence-electron chi connectivity index (χ4n) is 6.12. The molecular formula is C29H27F3N4O5. The van der Waals surface area contributed by atoms with Crippen LogP contribution in [0.2, 0.25) is 0 Å². The van der Waals surface area contributed by atoms with E-state index in [2.05, 4.69) is 4.99 Å². The molecule has 3 aromatic rings. The Hall–Kier alpha value is -4.22. The molecule has 1 atom stereocenters. The molecular weight excluding hydrogens is 541 g/mol. The summed E-state index contributed by atoms with van der Waals surface area (Å²) < 4.78 is 55.4. The van der Waals surface area contributed by atoms with Crippen LogP contribution in [0.4, 0.5) is 24.5 Å². The number of unbranched alkanes of at least 4 members (excludes halogenated alkanes) is 2. The maximum absolute atomic E-state index is 14.4. The van der Waals surface area contributed by atoms with E-state index < -0.39 is 35.1 Å². The summed E-state index contributed by atoms with van der Waals surface area (Å²) in [7, 11) is 0. The molecule has 0 unspecified atom stereocenters. The topological polar surface area (TPSA) is 103 Å². The van der Waals surface area contributed by atoms with Crippen molar-refractivity contribution in [3.8, 4) is 11.4 Å². The van der Waals surface area contributed by atoms with Crippen LogP contribution in [0.15, 0.2) is 34.1 Å². The number of hydrogen-bond acceptors (Lipinski definition) is 8. The van der Waals surface area contributed by atoms with Gasteiger partial charge < -0.3 is 18.9 Å². The van der Waals surface area contributed by atoms with Crippen LogP contribution in [0, 0.1) is 0 Å². The van der Waals surface area contributed by atoms with Crippen LogP contribution in [0.25, 0.3) is 22.3 Å². The third kappa shape index (κ3) is 3.94. The lowest BCUT2D eigenvalue weighted by Crippen LogP contribution is -2.47. The summed E-state index contributed by atoms with van der Waals surface area (Å²) >= 11 is 0. The first kappa shape index (κ1) is 27.0. The van der Waals surface area contributed by atoms with Gasteiger partial charge in [-0.1, -0.05) is 32.8 Å². The van der Waals surface area contributed by atoms with Gasteiger partial charge in [0.25, 0.3) is 5.56 Å². The number of hydrogen-bond donors (Lipinski definition) is 0. The number of ether oxygens (including phenoxy) is 2. The number of fused-ring (bicyclic) bond motifs is 5. The highest BCUT2D eigenvalue weighted by Crippen LogP contribution is 2.49. The molecule has 6 rings (SSSR count). The van der Waals surface area contributed by atoms with E-state index in [-0.39, 0.29) is 42.9 Å². The smallest absolute Gasteiger partial charge is 0.449 e. The van der Waals surface area contributed by atoms with Gasteiger partial charge in [-0.15, -0.1) is 0 Å². The number of nitrogens with zero attached hydrogens (tertiary/aromatic N) is 4. The highest BCUT2D eigenvalue weighted by atomic mass is 19.4.